The van der Waals surface area contributed by atoms with Crippen molar-refractivity contribution in [2.24, 2.45) is 11.7 Å². The van der Waals surface area contributed by atoms with Crippen molar-refractivity contribution in [3.05, 3.63) is 161 Å². The fraction of sp³-hybridized carbons (Fsp3) is 0.250. The maximum absolute atomic E-state index is 15.9. The van der Waals surface area contributed by atoms with Crippen molar-refractivity contribution < 1.29 is 48.0 Å². The summed E-state index contributed by atoms with van der Waals surface area (Å²) in [7, 11) is 3.03. The smallest absolute Gasteiger partial charge is 0.421 e. The minimum Gasteiger partial charge on any atom is -0.497 e. The molecule has 0 bridgehead atoms. The van der Waals surface area contributed by atoms with Crippen molar-refractivity contribution in [2.45, 2.75) is 29.6 Å². The van der Waals surface area contributed by atoms with Crippen LogP contribution < -0.4 is 20.1 Å². The van der Waals surface area contributed by atoms with E-state index < -0.39 is 59.4 Å². The monoisotopic (exact) mass is 821 g/mol. The zero-order chi connectivity index (χ0) is 42.7. The van der Waals surface area contributed by atoms with Crippen LogP contribution in [0.2, 0.25) is 0 Å². The number of nitrogens with zero attached hydrogens (tertiary/aromatic N) is 2. The van der Waals surface area contributed by atoms with Crippen molar-refractivity contribution >= 4 is 29.6 Å². The summed E-state index contributed by atoms with van der Waals surface area (Å²) in [5, 5.41) is 9.47. The first-order chi connectivity index (χ1) is 29.7. The van der Waals surface area contributed by atoms with E-state index in [4.69, 9.17) is 29.4 Å². The van der Waals surface area contributed by atoms with E-state index in [1.165, 1.54) is 7.11 Å². The van der Waals surface area contributed by atoms with E-state index in [1.54, 1.807) is 61.7 Å². The van der Waals surface area contributed by atoms with E-state index in [1.807, 2.05) is 77.7 Å². The van der Waals surface area contributed by atoms with E-state index >= 15 is 4.79 Å². The lowest BCUT2D eigenvalue weighted by Crippen LogP contribution is -2.55. The van der Waals surface area contributed by atoms with E-state index in [0.717, 1.165) is 10.5 Å². The summed E-state index contributed by atoms with van der Waals surface area (Å²) in [5.74, 6) is 3.33. The Bertz CT molecular complexity index is 2490. The third-order valence-corrected chi connectivity index (χ3v) is 11.5. The van der Waals surface area contributed by atoms with E-state index in [-0.39, 0.29) is 37.7 Å². The van der Waals surface area contributed by atoms with E-state index in [0.29, 0.717) is 33.8 Å². The molecule has 3 heterocycles. The number of amides is 3. The van der Waals surface area contributed by atoms with Crippen LogP contribution in [-0.4, -0.2) is 80.6 Å². The number of hydrogen-bond acceptors (Lipinski definition) is 11. The van der Waals surface area contributed by atoms with Gasteiger partial charge in [-0.25, -0.2) is 9.69 Å². The predicted molar refractivity (Wildman–Crippen MR) is 222 cm³/mol. The zero-order valence-electron chi connectivity index (χ0n) is 33.4. The molecule has 5 aromatic carbocycles. The number of esters is 1. The van der Waals surface area contributed by atoms with Crippen molar-refractivity contribution in [1.82, 2.24) is 4.90 Å². The number of primary amides is 1. The Kier molecular flexibility index (Phi) is 11.6. The molecule has 61 heavy (non-hydrogen) atoms. The molecule has 13 nitrogen and oxygen atoms in total. The number of carbonyl (C=O) groups excluding carboxylic acids is 4. The van der Waals surface area contributed by atoms with Crippen LogP contribution in [0.15, 0.2) is 127 Å². The Morgan fingerprint density at radius 1 is 0.754 bits per heavy atom. The molecule has 0 saturated carbocycles. The molecule has 8 rings (SSSR count). The number of morpholine rings is 1. The molecule has 3 amide bonds. The minimum atomic E-state index is -2.03. The summed E-state index contributed by atoms with van der Waals surface area (Å²) < 4.78 is 28.1. The molecule has 5 aromatic rings. The van der Waals surface area contributed by atoms with Crippen LogP contribution in [0.4, 0.5) is 10.5 Å². The van der Waals surface area contributed by atoms with Gasteiger partial charge in [-0.3, -0.25) is 19.3 Å². The minimum absolute atomic E-state index is 0.0394. The Labute approximate surface area is 352 Å². The van der Waals surface area contributed by atoms with Crippen molar-refractivity contribution in [1.29, 1.82) is 0 Å². The van der Waals surface area contributed by atoms with Gasteiger partial charge < -0.3 is 34.5 Å². The Morgan fingerprint density at radius 3 is 2.03 bits per heavy atom. The fourth-order valence-electron chi connectivity index (χ4n) is 9.00. The summed E-state index contributed by atoms with van der Waals surface area (Å²) in [5.41, 5.74) is 7.89. The Hall–Kier alpha value is -6.98. The molecule has 0 aromatic heterocycles. The van der Waals surface area contributed by atoms with Gasteiger partial charge in [-0.05, 0) is 76.9 Å². The Balaban J connectivity index is 1.41. The topological polar surface area (TPSA) is 167 Å². The highest BCUT2D eigenvalue weighted by Gasteiger charge is 2.75. The predicted octanol–water partition coefficient (Wildman–Crippen LogP) is 5.40. The zero-order valence-corrected chi connectivity index (χ0v) is 33.4. The number of hydrogen-bond donors (Lipinski definition) is 2. The van der Waals surface area contributed by atoms with Crippen LogP contribution in [0, 0.1) is 17.8 Å². The van der Waals surface area contributed by atoms with Crippen molar-refractivity contribution in [3.63, 3.8) is 0 Å². The number of carbonyl (C=O) groups is 4. The number of cyclic esters (lactones) is 1. The molecule has 0 radical (unpaired) electrons. The second-order valence-electron chi connectivity index (χ2n) is 14.8. The molecule has 310 valence electrons. The van der Waals surface area contributed by atoms with Gasteiger partial charge in [-0.15, -0.1) is 0 Å². The number of aliphatic hydroxyl groups is 1. The number of rotatable bonds is 11. The number of imide groups is 1. The second-order valence-corrected chi connectivity index (χ2v) is 14.8. The molecular weight excluding hydrogens is 779 g/mol. The molecule has 3 aliphatic rings. The van der Waals surface area contributed by atoms with Crippen LogP contribution in [-0.2, 0) is 34.0 Å². The SMILES string of the molecule is COCCOC(=O)N1C(=O)[C@@]2(c3cc(C#Cc4ccc(OC)cc4)ccc31)[C@H](C(N)=O)[C@H]1C(=O)O[C@H](c3ccccc3)[C@H](c3ccccc3)N1[C@@H]2c1ccc(OCCO)cc1. The van der Waals surface area contributed by atoms with Crippen LogP contribution in [0.25, 0.3) is 0 Å². The molecule has 3 aliphatic heterocycles. The lowest BCUT2D eigenvalue weighted by Gasteiger charge is -2.46. The van der Waals surface area contributed by atoms with Crippen LogP contribution >= 0.6 is 0 Å². The molecule has 13 heteroatoms. The van der Waals surface area contributed by atoms with Gasteiger partial charge in [-0.1, -0.05) is 84.6 Å². The van der Waals surface area contributed by atoms with Gasteiger partial charge >= 0.3 is 12.1 Å². The lowest BCUT2D eigenvalue weighted by atomic mass is 9.65. The fourth-order valence-corrected chi connectivity index (χ4v) is 9.00. The number of fused-ring (bicyclic) bond motifs is 3. The highest BCUT2D eigenvalue weighted by molar-refractivity contribution is 6.23. The lowest BCUT2D eigenvalue weighted by molar-refractivity contribution is -0.178. The average Bonchev–Trinajstić information content (AvgIpc) is 3.75. The summed E-state index contributed by atoms with van der Waals surface area (Å²) >= 11 is 0. The average molecular weight is 822 g/mol. The summed E-state index contributed by atoms with van der Waals surface area (Å²) in [6.07, 6.45) is -1.90. The summed E-state index contributed by atoms with van der Waals surface area (Å²) in [4.78, 5) is 62.1. The van der Waals surface area contributed by atoms with Gasteiger partial charge in [0.15, 0.2) is 0 Å². The highest BCUT2D eigenvalue weighted by Crippen LogP contribution is 2.65. The van der Waals surface area contributed by atoms with Gasteiger partial charge in [-0.2, -0.15) is 0 Å². The quantitative estimate of drug-likeness (QED) is 0.0996. The van der Waals surface area contributed by atoms with Crippen molar-refractivity contribution in [3.8, 4) is 23.3 Å². The number of aliphatic hydroxyl groups excluding tert-OH is 1. The molecule has 2 fully saturated rings. The molecule has 2 saturated heterocycles. The summed E-state index contributed by atoms with van der Waals surface area (Å²) in [6.45, 7) is -0.279. The normalized spacial score (nSPS) is 22.7. The number of benzene rings is 5. The molecule has 0 unspecified atom stereocenters. The maximum atomic E-state index is 15.9. The molecule has 6 atom stereocenters. The van der Waals surface area contributed by atoms with Gasteiger partial charge in [0.25, 0.3) is 0 Å². The highest BCUT2D eigenvalue weighted by atomic mass is 16.6. The number of nitrogens with two attached hydrogens (primary N) is 1. The van der Waals surface area contributed by atoms with Crippen molar-refractivity contribution in [2.75, 3.05) is 45.5 Å². The van der Waals surface area contributed by atoms with Crippen LogP contribution in [0.3, 0.4) is 0 Å². The first-order valence-electron chi connectivity index (χ1n) is 19.7. The molecule has 1 spiro atoms. The van der Waals surface area contributed by atoms with Gasteiger partial charge in [0.2, 0.25) is 11.8 Å². The number of anilines is 1. The standard InChI is InChI=1S/C48H43N3O10/c1-57-27-28-60-47(56)50-38-24-17-31(14-13-30-15-20-35(58-2)21-16-30)29-37(38)48(46(50)55)39(44(49)53)41-45(54)61-42(33-11-7-4-8-12-33)40(32-9-5-3-6-10-32)51(41)43(48)34-18-22-36(23-19-34)59-26-25-52/h3-12,15-24,29,39-43,52H,25-28H2,1-2H3,(H2,49,53)/t39-,40-,41-,42+,43+,48-/m0/s1. The van der Waals surface area contributed by atoms with E-state index in [2.05, 4.69) is 11.8 Å². The van der Waals surface area contributed by atoms with Crippen LogP contribution in [0.5, 0.6) is 11.5 Å². The molecule has 0 aliphatic carbocycles. The third kappa shape index (κ3) is 7.24. The number of ether oxygens (including phenoxy) is 5. The molecule has 3 N–H and O–H groups in total. The summed E-state index contributed by atoms with van der Waals surface area (Å²) in [6, 6.07) is 34.3. The molecular formula is C48H43N3O10. The van der Waals surface area contributed by atoms with Gasteiger partial charge in [0.05, 0.1) is 44.0 Å². The Morgan fingerprint density at radius 2 is 1.39 bits per heavy atom. The maximum Gasteiger partial charge on any atom is 0.421 e. The van der Waals surface area contributed by atoms with E-state index in [9.17, 15) is 19.5 Å². The number of methoxy groups -OCH3 is 2. The van der Waals surface area contributed by atoms with Gasteiger partial charge in [0, 0.05) is 18.2 Å². The second kappa shape index (κ2) is 17.3. The third-order valence-electron chi connectivity index (χ3n) is 11.5. The largest absolute Gasteiger partial charge is 0.497 e. The van der Waals surface area contributed by atoms with Crippen LogP contribution in [0.1, 0.15) is 51.6 Å². The van der Waals surface area contributed by atoms with Gasteiger partial charge in [0.1, 0.15) is 42.3 Å². The first-order valence-corrected chi connectivity index (χ1v) is 19.7. The first kappa shape index (κ1) is 40.8.